The fraction of sp³-hybridized carbons (Fsp3) is 0.435. The van der Waals surface area contributed by atoms with E-state index in [2.05, 4.69) is 10.2 Å². The third kappa shape index (κ3) is 6.86. The number of nitrogens with zero attached hydrogens (tertiary/aromatic N) is 2. The van der Waals surface area contributed by atoms with Crippen LogP contribution in [0.3, 0.4) is 0 Å². The molecular weight excluding hydrogens is 430 g/mol. The highest BCUT2D eigenvalue weighted by Gasteiger charge is 2.21. The quantitative estimate of drug-likeness (QED) is 0.585. The van der Waals surface area contributed by atoms with Crippen molar-refractivity contribution in [2.24, 2.45) is 0 Å². The Morgan fingerprint density at radius 3 is 2.34 bits per heavy atom. The molecule has 0 saturated carbocycles. The zero-order chi connectivity index (χ0) is 23.0. The lowest BCUT2D eigenvalue weighted by Gasteiger charge is -2.29. The van der Waals surface area contributed by atoms with E-state index in [4.69, 9.17) is 9.47 Å². The molecule has 0 unspecified atom stereocenters. The van der Waals surface area contributed by atoms with Gasteiger partial charge in [0.1, 0.15) is 12.3 Å². The number of hydrogen-bond acceptors (Lipinski definition) is 6. The van der Waals surface area contributed by atoms with Crippen LogP contribution in [0.4, 0.5) is 11.4 Å². The largest absolute Gasteiger partial charge is 0.494 e. The number of nitrogens with one attached hydrogen (secondary N) is 1. The highest BCUT2D eigenvalue weighted by molar-refractivity contribution is 7.92. The zero-order valence-electron chi connectivity index (χ0n) is 18.6. The van der Waals surface area contributed by atoms with Gasteiger partial charge < -0.3 is 19.7 Å². The summed E-state index contributed by atoms with van der Waals surface area (Å²) in [6.45, 7) is 5.81. The van der Waals surface area contributed by atoms with Crippen LogP contribution in [-0.2, 0) is 26.1 Å². The number of morpholine rings is 1. The first-order valence-corrected chi connectivity index (χ1v) is 12.6. The number of rotatable bonds is 10. The first-order chi connectivity index (χ1) is 15.4. The second-order valence-corrected chi connectivity index (χ2v) is 9.56. The van der Waals surface area contributed by atoms with Crippen molar-refractivity contribution in [3.63, 3.8) is 0 Å². The minimum Gasteiger partial charge on any atom is -0.494 e. The van der Waals surface area contributed by atoms with E-state index in [1.165, 1.54) is 0 Å². The Hall–Kier alpha value is -2.78. The smallest absolute Gasteiger partial charge is 0.241 e. The van der Waals surface area contributed by atoms with Crippen LogP contribution in [0.25, 0.3) is 0 Å². The molecular formula is C23H31N3O5S. The number of ether oxygens (including phenoxy) is 2. The van der Waals surface area contributed by atoms with E-state index < -0.39 is 10.0 Å². The lowest BCUT2D eigenvalue weighted by Crippen LogP contribution is -2.40. The zero-order valence-corrected chi connectivity index (χ0v) is 19.4. The Morgan fingerprint density at radius 2 is 1.75 bits per heavy atom. The van der Waals surface area contributed by atoms with Crippen LogP contribution in [0.5, 0.6) is 5.75 Å². The molecule has 0 radical (unpaired) electrons. The van der Waals surface area contributed by atoms with E-state index >= 15 is 0 Å². The summed E-state index contributed by atoms with van der Waals surface area (Å²) >= 11 is 0. The summed E-state index contributed by atoms with van der Waals surface area (Å²) < 4.78 is 36.6. The maximum Gasteiger partial charge on any atom is 0.241 e. The van der Waals surface area contributed by atoms with Crippen LogP contribution < -0.4 is 19.3 Å². The predicted octanol–water partition coefficient (Wildman–Crippen LogP) is 2.39. The topological polar surface area (TPSA) is 88.2 Å². The van der Waals surface area contributed by atoms with Crippen molar-refractivity contribution < 1.29 is 22.7 Å². The molecule has 0 bridgehead atoms. The molecule has 1 aliphatic heterocycles. The predicted molar refractivity (Wildman–Crippen MR) is 126 cm³/mol. The van der Waals surface area contributed by atoms with Gasteiger partial charge in [-0.05, 0) is 48.4 Å². The van der Waals surface area contributed by atoms with Gasteiger partial charge in [0.15, 0.2) is 0 Å². The number of anilines is 2. The van der Waals surface area contributed by atoms with Crippen LogP contribution in [0.1, 0.15) is 18.9 Å². The van der Waals surface area contributed by atoms with Crippen LogP contribution in [-0.4, -0.2) is 60.0 Å². The summed E-state index contributed by atoms with van der Waals surface area (Å²) in [6.07, 6.45) is 1.97. The maximum atomic E-state index is 12.5. The molecule has 1 heterocycles. The normalized spacial score (nSPS) is 14.1. The van der Waals surface area contributed by atoms with Gasteiger partial charge in [0.2, 0.25) is 15.9 Å². The molecule has 1 saturated heterocycles. The number of sulfonamides is 1. The Kier molecular flexibility index (Phi) is 8.35. The van der Waals surface area contributed by atoms with Crippen LogP contribution in [0.2, 0.25) is 0 Å². The standard InChI is InChI=1S/C23H31N3O5S/c1-3-14-31-22-10-8-21(9-11-22)26(32(2,28)29)18-23(27)24-17-19-4-6-20(7-5-19)25-12-15-30-16-13-25/h4-11H,3,12-18H2,1-2H3,(H,24,27). The molecule has 0 aliphatic carbocycles. The molecule has 1 aliphatic rings. The van der Waals surface area contributed by atoms with Crippen molar-refractivity contribution in [1.29, 1.82) is 0 Å². The number of benzene rings is 2. The van der Waals surface area contributed by atoms with Gasteiger partial charge in [-0.3, -0.25) is 9.10 Å². The molecule has 174 valence electrons. The highest BCUT2D eigenvalue weighted by Crippen LogP contribution is 2.22. The third-order valence-electron chi connectivity index (χ3n) is 5.09. The van der Waals surface area contributed by atoms with Crippen molar-refractivity contribution in [1.82, 2.24) is 5.32 Å². The average molecular weight is 462 g/mol. The Morgan fingerprint density at radius 1 is 1.09 bits per heavy atom. The maximum absolute atomic E-state index is 12.5. The van der Waals surface area contributed by atoms with Gasteiger partial charge in [0, 0.05) is 25.3 Å². The third-order valence-corrected chi connectivity index (χ3v) is 6.23. The second-order valence-electron chi connectivity index (χ2n) is 7.65. The summed E-state index contributed by atoms with van der Waals surface area (Å²) in [5.74, 6) is 0.285. The summed E-state index contributed by atoms with van der Waals surface area (Å²) in [5, 5.41) is 2.81. The van der Waals surface area contributed by atoms with Crippen LogP contribution in [0, 0.1) is 0 Å². The Bertz CT molecular complexity index is 972. The molecule has 0 spiro atoms. The van der Waals surface area contributed by atoms with Crippen LogP contribution in [0.15, 0.2) is 48.5 Å². The van der Waals surface area contributed by atoms with Crippen molar-refractivity contribution in [3.05, 3.63) is 54.1 Å². The fourth-order valence-electron chi connectivity index (χ4n) is 3.36. The van der Waals surface area contributed by atoms with Gasteiger partial charge in [-0.15, -0.1) is 0 Å². The molecule has 0 aromatic heterocycles. The van der Waals surface area contributed by atoms with E-state index in [1.807, 2.05) is 31.2 Å². The van der Waals surface area contributed by atoms with Crippen molar-refractivity contribution in [2.45, 2.75) is 19.9 Å². The van der Waals surface area contributed by atoms with Gasteiger partial charge in [-0.1, -0.05) is 19.1 Å². The monoisotopic (exact) mass is 461 g/mol. The van der Waals surface area contributed by atoms with Gasteiger partial charge in [0.05, 0.1) is 31.8 Å². The molecule has 1 N–H and O–H groups in total. The molecule has 32 heavy (non-hydrogen) atoms. The Labute approximate surface area is 190 Å². The summed E-state index contributed by atoms with van der Waals surface area (Å²) in [4.78, 5) is 14.8. The molecule has 2 aromatic carbocycles. The molecule has 2 aromatic rings. The first-order valence-electron chi connectivity index (χ1n) is 10.8. The van der Waals surface area contributed by atoms with Gasteiger partial charge in [-0.25, -0.2) is 8.42 Å². The number of hydrogen-bond donors (Lipinski definition) is 1. The highest BCUT2D eigenvalue weighted by atomic mass is 32.2. The average Bonchev–Trinajstić information content (AvgIpc) is 2.80. The van der Waals surface area contributed by atoms with Crippen LogP contribution >= 0.6 is 0 Å². The van der Waals surface area contributed by atoms with Gasteiger partial charge in [-0.2, -0.15) is 0 Å². The minimum absolute atomic E-state index is 0.292. The molecule has 1 fully saturated rings. The summed E-state index contributed by atoms with van der Waals surface area (Å²) in [5.41, 5.74) is 2.48. The van der Waals surface area contributed by atoms with Crippen molar-refractivity contribution in [3.8, 4) is 5.75 Å². The van der Waals surface area contributed by atoms with Gasteiger partial charge >= 0.3 is 0 Å². The van der Waals surface area contributed by atoms with E-state index in [9.17, 15) is 13.2 Å². The summed E-state index contributed by atoms with van der Waals surface area (Å²) in [6, 6.07) is 14.7. The lowest BCUT2D eigenvalue weighted by molar-refractivity contribution is -0.119. The van der Waals surface area contributed by atoms with E-state index in [-0.39, 0.29) is 12.5 Å². The number of amides is 1. The van der Waals surface area contributed by atoms with Gasteiger partial charge in [0.25, 0.3) is 0 Å². The lowest BCUT2D eigenvalue weighted by atomic mass is 10.2. The minimum atomic E-state index is -3.63. The second kappa shape index (κ2) is 11.2. The van der Waals surface area contributed by atoms with Crippen molar-refractivity contribution in [2.75, 3.05) is 54.9 Å². The number of carbonyl (C=O) groups excluding carboxylic acids is 1. The Balaban J connectivity index is 1.57. The molecule has 1 amide bonds. The fourth-order valence-corrected chi connectivity index (χ4v) is 4.22. The SMILES string of the molecule is CCCOc1ccc(N(CC(=O)NCc2ccc(N3CCOCC3)cc2)S(C)(=O)=O)cc1. The number of carbonyl (C=O) groups is 1. The molecule has 8 nitrogen and oxygen atoms in total. The van der Waals surface area contributed by atoms with Crippen molar-refractivity contribution >= 4 is 27.3 Å². The molecule has 3 rings (SSSR count). The molecule has 0 atom stereocenters. The van der Waals surface area contributed by atoms with E-state index in [0.717, 1.165) is 54.5 Å². The van der Waals surface area contributed by atoms with E-state index in [0.29, 0.717) is 24.6 Å². The summed E-state index contributed by atoms with van der Waals surface area (Å²) in [7, 11) is -3.63. The van der Waals surface area contributed by atoms with E-state index in [1.54, 1.807) is 24.3 Å². The first kappa shape index (κ1) is 23.9. The molecule has 9 heteroatoms.